The molecule has 1 unspecified atom stereocenters. The number of nitrogens with zero attached hydrogens (tertiary/aromatic N) is 5. The molecule has 1 N–H and O–H groups in total. The predicted octanol–water partition coefficient (Wildman–Crippen LogP) is 1.58. The number of hydrogen-bond acceptors (Lipinski definition) is 6. The topological polar surface area (TPSA) is 76.7 Å². The van der Waals surface area contributed by atoms with Gasteiger partial charge >= 0.3 is 0 Å². The molecule has 0 aliphatic carbocycles. The van der Waals surface area contributed by atoms with Crippen molar-refractivity contribution in [1.82, 2.24) is 24.6 Å². The van der Waals surface area contributed by atoms with E-state index in [1.807, 2.05) is 12.1 Å². The summed E-state index contributed by atoms with van der Waals surface area (Å²) in [4.78, 5) is 0. The highest BCUT2D eigenvalue weighted by atomic mass is 32.1. The highest BCUT2D eigenvalue weighted by molar-refractivity contribution is 7.13. The fraction of sp³-hybridized carbons (Fsp3) is 0.333. The molecule has 0 amide bonds. The maximum atomic E-state index is 9.55. The smallest absolute Gasteiger partial charge is 0.179 e. The van der Waals surface area contributed by atoms with Gasteiger partial charge in [-0.3, -0.25) is 0 Å². The van der Waals surface area contributed by atoms with Gasteiger partial charge in [0.25, 0.3) is 0 Å². The van der Waals surface area contributed by atoms with Crippen molar-refractivity contribution in [1.29, 1.82) is 0 Å². The minimum Gasteiger partial charge on any atom is -0.385 e. The van der Waals surface area contributed by atoms with Crippen LogP contribution in [0.2, 0.25) is 0 Å². The van der Waals surface area contributed by atoms with Crippen molar-refractivity contribution in [2.45, 2.75) is 26.0 Å². The SMILES string of the molecule is CC(O)c1nnnn1CCc1nsc2ccccc12. The van der Waals surface area contributed by atoms with E-state index in [9.17, 15) is 5.11 Å². The first kappa shape index (κ1) is 12.2. The molecule has 0 aliphatic rings. The van der Waals surface area contributed by atoms with E-state index in [1.165, 1.54) is 21.6 Å². The van der Waals surface area contributed by atoms with E-state index in [1.54, 1.807) is 11.6 Å². The molecule has 1 atom stereocenters. The Morgan fingerprint density at radius 3 is 3.05 bits per heavy atom. The van der Waals surface area contributed by atoms with E-state index in [-0.39, 0.29) is 0 Å². The summed E-state index contributed by atoms with van der Waals surface area (Å²) < 4.78 is 7.28. The Labute approximate surface area is 113 Å². The van der Waals surface area contributed by atoms with Gasteiger partial charge in [0.2, 0.25) is 0 Å². The fourth-order valence-corrected chi connectivity index (χ4v) is 2.82. The first-order valence-electron chi connectivity index (χ1n) is 6.03. The quantitative estimate of drug-likeness (QED) is 0.782. The summed E-state index contributed by atoms with van der Waals surface area (Å²) in [6, 6.07) is 8.16. The molecule has 3 aromatic rings. The molecule has 0 aliphatic heterocycles. The van der Waals surface area contributed by atoms with Crippen molar-refractivity contribution >= 4 is 21.6 Å². The third kappa shape index (κ3) is 2.34. The van der Waals surface area contributed by atoms with Crippen LogP contribution >= 0.6 is 11.5 Å². The van der Waals surface area contributed by atoms with Crippen LogP contribution in [0.5, 0.6) is 0 Å². The molecule has 7 heteroatoms. The van der Waals surface area contributed by atoms with E-state index in [4.69, 9.17) is 0 Å². The number of tetrazole rings is 1. The summed E-state index contributed by atoms with van der Waals surface area (Å²) in [5, 5.41) is 22.0. The number of aliphatic hydroxyl groups is 1. The minimum absolute atomic E-state index is 0.486. The second-order valence-electron chi connectivity index (χ2n) is 4.31. The largest absolute Gasteiger partial charge is 0.385 e. The summed E-state index contributed by atoms with van der Waals surface area (Å²) in [5.41, 5.74) is 1.05. The Bertz CT molecular complexity index is 690. The van der Waals surface area contributed by atoms with Gasteiger partial charge in [-0.15, -0.1) is 5.10 Å². The molecule has 0 fully saturated rings. The van der Waals surface area contributed by atoms with Crippen LogP contribution in [-0.4, -0.2) is 29.7 Å². The number of aryl methyl sites for hydroxylation is 2. The van der Waals surface area contributed by atoms with Gasteiger partial charge < -0.3 is 5.11 Å². The molecule has 0 spiro atoms. The molecule has 2 aromatic heterocycles. The van der Waals surface area contributed by atoms with Crippen molar-refractivity contribution in [2.75, 3.05) is 0 Å². The lowest BCUT2D eigenvalue weighted by Crippen LogP contribution is -2.10. The molecule has 6 nitrogen and oxygen atoms in total. The molecule has 98 valence electrons. The van der Waals surface area contributed by atoms with Crippen LogP contribution in [0.25, 0.3) is 10.1 Å². The molecule has 3 rings (SSSR count). The van der Waals surface area contributed by atoms with Gasteiger partial charge in [-0.25, -0.2) is 4.68 Å². The standard InChI is InChI=1S/C12H13N5OS/c1-8(18)12-13-15-16-17(12)7-6-10-9-4-2-3-5-11(9)19-14-10/h2-5,8,18H,6-7H2,1H3. The third-order valence-electron chi connectivity index (χ3n) is 2.95. The van der Waals surface area contributed by atoms with Crippen molar-refractivity contribution in [3.8, 4) is 0 Å². The van der Waals surface area contributed by atoms with Gasteiger partial charge in [0.15, 0.2) is 5.82 Å². The zero-order valence-corrected chi connectivity index (χ0v) is 11.2. The van der Waals surface area contributed by atoms with Crippen LogP contribution in [0.1, 0.15) is 24.5 Å². The van der Waals surface area contributed by atoms with Crippen molar-refractivity contribution in [3.63, 3.8) is 0 Å². The average molecular weight is 275 g/mol. The number of fused-ring (bicyclic) bond motifs is 1. The Hall–Kier alpha value is -1.86. The summed E-state index contributed by atoms with van der Waals surface area (Å²) in [5.74, 6) is 0.486. The van der Waals surface area contributed by atoms with Crippen LogP contribution < -0.4 is 0 Å². The molecule has 19 heavy (non-hydrogen) atoms. The number of benzene rings is 1. The van der Waals surface area contributed by atoms with Crippen molar-refractivity contribution in [3.05, 3.63) is 35.8 Å². The van der Waals surface area contributed by atoms with Crippen LogP contribution in [-0.2, 0) is 13.0 Å². The summed E-state index contributed by atoms with van der Waals surface area (Å²) in [6.07, 6.45) is 0.0802. The number of aromatic nitrogens is 5. The van der Waals surface area contributed by atoms with E-state index < -0.39 is 6.10 Å². The normalized spacial score (nSPS) is 12.9. The summed E-state index contributed by atoms with van der Waals surface area (Å²) in [7, 11) is 0. The first-order valence-corrected chi connectivity index (χ1v) is 6.80. The maximum absolute atomic E-state index is 9.55. The van der Waals surface area contributed by atoms with Gasteiger partial charge in [0.05, 0.1) is 16.9 Å². The molecular formula is C12H13N5OS. The van der Waals surface area contributed by atoms with E-state index >= 15 is 0 Å². The molecule has 0 bridgehead atoms. The Kier molecular flexibility index (Phi) is 3.22. The van der Waals surface area contributed by atoms with Gasteiger partial charge in [0, 0.05) is 11.8 Å². The molecule has 0 saturated heterocycles. The molecule has 0 saturated carbocycles. The zero-order chi connectivity index (χ0) is 13.2. The number of rotatable bonds is 4. The molecular weight excluding hydrogens is 262 g/mol. The predicted molar refractivity (Wildman–Crippen MR) is 71.8 cm³/mol. The van der Waals surface area contributed by atoms with Crippen LogP contribution in [0.15, 0.2) is 24.3 Å². The van der Waals surface area contributed by atoms with Crippen molar-refractivity contribution in [2.24, 2.45) is 0 Å². The van der Waals surface area contributed by atoms with Crippen LogP contribution in [0.4, 0.5) is 0 Å². The monoisotopic (exact) mass is 275 g/mol. The highest BCUT2D eigenvalue weighted by Gasteiger charge is 2.12. The lowest BCUT2D eigenvalue weighted by atomic mass is 10.2. The lowest BCUT2D eigenvalue weighted by Gasteiger charge is -2.05. The third-order valence-corrected chi connectivity index (χ3v) is 3.81. The van der Waals surface area contributed by atoms with Gasteiger partial charge in [-0.05, 0) is 34.9 Å². The average Bonchev–Trinajstić information content (AvgIpc) is 3.03. The van der Waals surface area contributed by atoms with E-state index in [0.29, 0.717) is 12.4 Å². The van der Waals surface area contributed by atoms with Gasteiger partial charge in [-0.2, -0.15) is 4.37 Å². The van der Waals surface area contributed by atoms with Crippen molar-refractivity contribution < 1.29 is 5.11 Å². The zero-order valence-electron chi connectivity index (χ0n) is 10.4. The van der Waals surface area contributed by atoms with E-state index in [0.717, 1.165) is 12.1 Å². The highest BCUT2D eigenvalue weighted by Crippen LogP contribution is 2.22. The second-order valence-corrected chi connectivity index (χ2v) is 5.12. The second kappa shape index (κ2) is 5.02. The maximum Gasteiger partial charge on any atom is 0.179 e. The Morgan fingerprint density at radius 1 is 1.37 bits per heavy atom. The fourth-order valence-electron chi connectivity index (χ4n) is 2.00. The number of aliphatic hydroxyl groups excluding tert-OH is 1. The van der Waals surface area contributed by atoms with Crippen LogP contribution in [0, 0.1) is 0 Å². The summed E-state index contributed by atoms with van der Waals surface area (Å²) in [6.45, 7) is 2.27. The van der Waals surface area contributed by atoms with Crippen LogP contribution in [0.3, 0.4) is 0 Å². The lowest BCUT2D eigenvalue weighted by molar-refractivity contribution is 0.181. The van der Waals surface area contributed by atoms with Gasteiger partial charge in [-0.1, -0.05) is 18.2 Å². The number of hydrogen-bond donors (Lipinski definition) is 1. The van der Waals surface area contributed by atoms with Gasteiger partial charge in [0.1, 0.15) is 6.10 Å². The Balaban J connectivity index is 1.81. The van der Waals surface area contributed by atoms with E-state index in [2.05, 4.69) is 32.0 Å². The first-order chi connectivity index (χ1) is 9.25. The molecule has 2 heterocycles. The Morgan fingerprint density at radius 2 is 2.21 bits per heavy atom. The molecule has 1 aromatic carbocycles. The molecule has 0 radical (unpaired) electrons. The minimum atomic E-state index is -0.665. The summed E-state index contributed by atoms with van der Waals surface area (Å²) >= 11 is 1.50.